The van der Waals surface area contributed by atoms with Gasteiger partial charge in [-0.15, -0.1) is 11.3 Å². The minimum absolute atomic E-state index is 0.396. The highest BCUT2D eigenvalue weighted by Crippen LogP contribution is 2.29. The van der Waals surface area contributed by atoms with Crippen molar-refractivity contribution in [1.82, 2.24) is 4.98 Å². The van der Waals surface area contributed by atoms with Crippen LogP contribution >= 0.6 is 22.9 Å². The van der Waals surface area contributed by atoms with E-state index in [2.05, 4.69) is 42.3 Å². The summed E-state index contributed by atoms with van der Waals surface area (Å²) in [7, 11) is 0. The normalized spacial score (nSPS) is 9.53. The fourth-order valence-electron chi connectivity index (χ4n) is 2.91. The Labute approximate surface area is 200 Å². The van der Waals surface area contributed by atoms with Crippen LogP contribution in [0.15, 0.2) is 57.1 Å². The second-order valence-corrected chi connectivity index (χ2v) is 7.41. The van der Waals surface area contributed by atoms with Crippen LogP contribution < -0.4 is 10.9 Å². The van der Waals surface area contributed by atoms with E-state index in [1.165, 1.54) is 22.5 Å². The van der Waals surface area contributed by atoms with Crippen LogP contribution in [0.1, 0.15) is 52.7 Å². The Bertz CT molecular complexity index is 1160. The number of para-hydroxylation sites is 1. The smallest absolute Gasteiger partial charge is 0.346 e. The molecular weight excluding hydrogens is 440 g/mol. The lowest BCUT2D eigenvalue weighted by Crippen LogP contribution is -2.02. The first kappa shape index (κ1) is 27.4. The van der Waals surface area contributed by atoms with E-state index in [1.54, 1.807) is 12.1 Å². The number of aryl methyl sites for hydroxylation is 2. The molecule has 2 aromatic heterocycles. The Morgan fingerprint density at radius 2 is 1.56 bits per heavy atom. The number of benzene rings is 2. The van der Waals surface area contributed by atoms with Gasteiger partial charge in [-0.3, -0.25) is 0 Å². The Morgan fingerprint density at radius 3 is 2.19 bits per heavy atom. The van der Waals surface area contributed by atoms with E-state index >= 15 is 0 Å². The average molecular weight is 473 g/mol. The lowest BCUT2D eigenvalue weighted by molar-refractivity contribution is 0.563. The number of anilines is 2. The van der Waals surface area contributed by atoms with Crippen LogP contribution in [-0.2, 0) is 0 Å². The van der Waals surface area contributed by atoms with Crippen LogP contribution in [0.3, 0.4) is 0 Å². The molecule has 0 atom stereocenters. The average Bonchev–Trinajstić information content (AvgIpc) is 3.25. The van der Waals surface area contributed by atoms with Crippen LogP contribution in [0.25, 0.3) is 21.5 Å². The molecule has 0 radical (unpaired) electrons. The van der Waals surface area contributed by atoms with Gasteiger partial charge in [0, 0.05) is 16.5 Å². The van der Waals surface area contributed by atoms with E-state index in [0.717, 1.165) is 11.1 Å². The molecule has 172 valence electrons. The minimum Gasteiger partial charge on any atom is -0.421 e. The van der Waals surface area contributed by atoms with Crippen molar-refractivity contribution >= 4 is 45.4 Å². The first-order chi connectivity index (χ1) is 15.5. The molecule has 0 unspecified atom stereocenters. The highest BCUT2D eigenvalue weighted by molar-refractivity contribution is 7.13. The molecule has 1 N–H and O–H groups in total. The molecule has 0 fully saturated rings. The highest BCUT2D eigenvalue weighted by Gasteiger charge is 2.13. The summed E-state index contributed by atoms with van der Waals surface area (Å²) in [5, 5.41) is 6.96. The Hall–Kier alpha value is -2.63. The number of halogens is 1. The van der Waals surface area contributed by atoms with Crippen LogP contribution in [0.5, 0.6) is 0 Å². The number of rotatable bonds is 3. The van der Waals surface area contributed by atoms with Gasteiger partial charge in [-0.25, -0.2) is 9.78 Å². The van der Waals surface area contributed by atoms with Crippen molar-refractivity contribution in [2.24, 2.45) is 0 Å². The first-order valence-electron chi connectivity index (χ1n) is 11.0. The topological polar surface area (TPSA) is 55.1 Å². The number of nitrogens with one attached hydrogen (secondary N) is 1. The molecule has 2 heterocycles. The summed E-state index contributed by atoms with van der Waals surface area (Å²) in [6.45, 7) is 16.1. The highest BCUT2D eigenvalue weighted by atomic mass is 35.5. The lowest BCUT2D eigenvalue weighted by Gasteiger charge is -2.05. The molecule has 0 spiro atoms. The molecule has 0 amide bonds. The second-order valence-electron chi connectivity index (χ2n) is 6.15. The van der Waals surface area contributed by atoms with Gasteiger partial charge in [0.1, 0.15) is 10.8 Å². The van der Waals surface area contributed by atoms with Crippen molar-refractivity contribution in [2.75, 3.05) is 5.32 Å². The van der Waals surface area contributed by atoms with Gasteiger partial charge in [-0.05, 0) is 49.2 Å². The van der Waals surface area contributed by atoms with Gasteiger partial charge in [0.05, 0.1) is 10.6 Å². The largest absolute Gasteiger partial charge is 0.421 e. The van der Waals surface area contributed by atoms with Crippen molar-refractivity contribution in [3.05, 3.63) is 74.4 Å². The molecule has 32 heavy (non-hydrogen) atoms. The molecule has 4 nitrogen and oxygen atoms in total. The third kappa shape index (κ3) is 6.94. The van der Waals surface area contributed by atoms with Gasteiger partial charge in [-0.2, -0.15) is 0 Å². The first-order valence-corrected chi connectivity index (χ1v) is 12.3. The molecule has 2 aromatic carbocycles. The van der Waals surface area contributed by atoms with E-state index in [0.29, 0.717) is 27.0 Å². The number of fused-ring (bicyclic) bond motifs is 1. The van der Waals surface area contributed by atoms with Gasteiger partial charge in [0.2, 0.25) is 0 Å². The predicted molar refractivity (Wildman–Crippen MR) is 142 cm³/mol. The number of hydrogen-bond acceptors (Lipinski definition) is 5. The van der Waals surface area contributed by atoms with E-state index in [4.69, 9.17) is 16.0 Å². The van der Waals surface area contributed by atoms with Gasteiger partial charge in [-0.1, -0.05) is 71.3 Å². The molecule has 6 heteroatoms. The van der Waals surface area contributed by atoms with Crippen molar-refractivity contribution < 1.29 is 4.42 Å². The molecule has 0 saturated heterocycles. The molecule has 4 rings (SSSR count). The van der Waals surface area contributed by atoms with Crippen LogP contribution in [0.2, 0.25) is 5.02 Å². The van der Waals surface area contributed by atoms with Crippen LogP contribution in [0, 0.1) is 13.8 Å². The Balaban J connectivity index is 0.000000789. The Kier molecular flexibility index (Phi) is 11.7. The van der Waals surface area contributed by atoms with E-state index in [1.807, 2.05) is 59.1 Å². The van der Waals surface area contributed by atoms with E-state index in [-0.39, 0.29) is 0 Å². The van der Waals surface area contributed by atoms with Crippen LogP contribution in [0.4, 0.5) is 11.5 Å². The van der Waals surface area contributed by atoms with Crippen molar-refractivity contribution in [1.29, 1.82) is 0 Å². The predicted octanol–water partition coefficient (Wildman–Crippen LogP) is 9.01. The monoisotopic (exact) mass is 472 g/mol. The molecule has 0 bridgehead atoms. The third-order valence-corrected chi connectivity index (χ3v) is 5.11. The number of thiazole rings is 1. The maximum absolute atomic E-state index is 12.4. The molecular formula is C26H33ClN2O2S. The number of nitrogens with zero attached hydrogens (tertiary/aromatic N) is 1. The standard InChI is InChI=1S/C20H15ClN2O2S.3C2H6/c1-11-6-12(2)8-14(7-11)22-17-10-26-19(23-17)15-9-13-4-3-5-16(21)18(13)25-20(15)24;3*1-2/h3-10,22H,1-2H3;3*1-2H3. The van der Waals surface area contributed by atoms with Gasteiger partial charge < -0.3 is 9.73 Å². The summed E-state index contributed by atoms with van der Waals surface area (Å²) < 4.78 is 5.40. The molecule has 0 aliphatic rings. The molecule has 0 aliphatic heterocycles. The number of hydrogen-bond donors (Lipinski definition) is 1. The third-order valence-electron chi connectivity index (χ3n) is 3.94. The van der Waals surface area contributed by atoms with Crippen LogP contribution in [-0.4, -0.2) is 4.98 Å². The summed E-state index contributed by atoms with van der Waals surface area (Å²) in [6, 6.07) is 13.4. The summed E-state index contributed by atoms with van der Waals surface area (Å²) in [5.74, 6) is 0.695. The van der Waals surface area contributed by atoms with Crippen molar-refractivity contribution in [2.45, 2.75) is 55.4 Å². The fourth-order valence-corrected chi connectivity index (χ4v) is 3.88. The summed E-state index contributed by atoms with van der Waals surface area (Å²) in [6.07, 6.45) is 0. The van der Waals surface area contributed by atoms with Crippen molar-refractivity contribution in [3.8, 4) is 10.6 Å². The Morgan fingerprint density at radius 1 is 0.938 bits per heavy atom. The SMILES string of the molecule is CC.CC.CC.Cc1cc(C)cc(Nc2csc(-c3cc4cccc(Cl)c4oc3=O)n2)c1. The molecule has 0 saturated carbocycles. The fraction of sp³-hybridized carbons (Fsp3) is 0.308. The zero-order valence-electron chi connectivity index (χ0n) is 20.2. The van der Waals surface area contributed by atoms with E-state index < -0.39 is 5.63 Å². The van der Waals surface area contributed by atoms with E-state index in [9.17, 15) is 4.79 Å². The quantitative estimate of drug-likeness (QED) is 0.302. The molecule has 4 aromatic rings. The van der Waals surface area contributed by atoms with Gasteiger partial charge in [0.15, 0.2) is 5.58 Å². The maximum Gasteiger partial charge on any atom is 0.346 e. The van der Waals surface area contributed by atoms with Gasteiger partial charge in [0.25, 0.3) is 0 Å². The zero-order valence-corrected chi connectivity index (χ0v) is 21.7. The van der Waals surface area contributed by atoms with Crippen molar-refractivity contribution in [3.63, 3.8) is 0 Å². The second kappa shape index (κ2) is 13.7. The number of aromatic nitrogens is 1. The maximum atomic E-state index is 12.4. The summed E-state index contributed by atoms with van der Waals surface area (Å²) >= 11 is 7.48. The summed E-state index contributed by atoms with van der Waals surface area (Å²) in [5.41, 5.74) is 3.70. The van der Waals surface area contributed by atoms with Gasteiger partial charge >= 0.3 is 5.63 Å². The minimum atomic E-state index is -0.446. The lowest BCUT2D eigenvalue weighted by atomic mass is 10.1. The zero-order chi connectivity index (χ0) is 24.3. The summed E-state index contributed by atoms with van der Waals surface area (Å²) in [4.78, 5) is 16.9. The molecule has 0 aliphatic carbocycles.